The number of para-hydroxylation sites is 1. The maximum atomic E-state index is 13.1. The number of thiocarbonyl (C=S) groups is 1. The van der Waals surface area contributed by atoms with Crippen molar-refractivity contribution < 1.29 is 4.39 Å². The van der Waals surface area contributed by atoms with Crippen LogP contribution < -0.4 is 5.32 Å². The number of nitrogens with one attached hydrogen (secondary N) is 1. The zero-order valence-electron chi connectivity index (χ0n) is 7.67. The quantitative estimate of drug-likeness (QED) is 0.730. The van der Waals surface area contributed by atoms with E-state index in [1.165, 1.54) is 6.07 Å². The Bertz CT molecular complexity index is 310. The molecular formula is C10H12FNS. The third kappa shape index (κ3) is 2.77. The van der Waals surface area contributed by atoms with Crippen LogP contribution in [0.15, 0.2) is 24.3 Å². The summed E-state index contributed by atoms with van der Waals surface area (Å²) in [6.45, 7) is 3.94. The summed E-state index contributed by atoms with van der Waals surface area (Å²) in [7, 11) is 0. The van der Waals surface area contributed by atoms with Crippen LogP contribution in [0.2, 0.25) is 0 Å². The summed E-state index contributed by atoms with van der Waals surface area (Å²) >= 11 is 5.04. The van der Waals surface area contributed by atoms with E-state index in [0.717, 1.165) is 0 Å². The molecule has 0 saturated carbocycles. The van der Waals surface area contributed by atoms with Crippen molar-refractivity contribution in [2.75, 3.05) is 5.32 Å². The molecular weight excluding hydrogens is 185 g/mol. The number of hydrogen-bond acceptors (Lipinski definition) is 1. The van der Waals surface area contributed by atoms with Crippen LogP contribution in [-0.2, 0) is 0 Å². The summed E-state index contributed by atoms with van der Waals surface area (Å²) in [6.07, 6.45) is 0. The van der Waals surface area contributed by atoms with Gasteiger partial charge in [0.25, 0.3) is 0 Å². The van der Waals surface area contributed by atoms with Gasteiger partial charge in [-0.2, -0.15) is 0 Å². The van der Waals surface area contributed by atoms with Crippen LogP contribution in [0.3, 0.4) is 0 Å². The highest BCUT2D eigenvalue weighted by Gasteiger charge is 2.05. The van der Waals surface area contributed by atoms with Gasteiger partial charge in [-0.1, -0.05) is 38.2 Å². The van der Waals surface area contributed by atoms with Gasteiger partial charge < -0.3 is 5.32 Å². The predicted molar refractivity (Wildman–Crippen MR) is 57.5 cm³/mol. The van der Waals surface area contributed by atoms with Crippen molar-refractivity contribution in [3.8, 4) is 0 Å². The van der Waals surface area contributed by atoms with E-state index in [4.69, 9.17) is 12.2 Å². The molecule has 0 saturated heterocycles. The summed E-state index contributed by atoms with van der Waals surface area (Å²) in [5, 5.41) is 2.87. The van der Waals surface area contributed by atoms with Crippen LogP contribution in [0.25, 0.3) is 0 Å². The van der Waals surface area contributed by atoms with Crippen molar-refractivity contribution in [1.29, 1.82) is 0 Å². The summed E-state index contributed by atoms with van der Waals surface area (Å²) in [4.78, 5) is 0.658. The highest BCUT2D eigenvalue weighted by atomic mass is 32.1. The third-order valence-corrected chi connectivity index (χ3v) is 2.23. The highest BCUT2D eigenvalue weighted by molar-refractivity contribution is 7.80. The molecule has 0 aliphatic rings. The molecule has 0 spiro atoms. The molecule has 1 aromatic rings. The molecule has 70 valence electrons. The van der Waals surface area contributed by atoms with Gasteiger partial charge in [0.15, 0.2) is 0 Å². The maximum absolute atomic E-state index is 13.1. The second-order valence-corrected chi connectivity index (χ2v) is 3.56. The SMILES string of the molecule is CC(C)C(=S)Nc1ccccc1F. The molecule has 0 aromatic heterocycles. The molecule has 0 unspecified atom stereocenters. The van der Waals surface area contributed by atoms with E-state index < -0.39 is 0 Å². The lowest BCUT2D eigenvalue weighted by Gasteiger charge is -2.10. The van der Waals surface area contributed by atoms with Crippen molar-refractivity contribution in [2.24, 2.45) is 5.92 Å². The van der Waals surface area contributed by atoms with Crippen LogP contribution in [0.5, 0.6) is 0 Å². The summed E-state index contributed by atoms with van der Waals surface area (Å²) < 4.78 is 13.1. The molecule has 13 heavy (non-hydrogen) atoms. The van der Waals surface area contributed by atoms with E-state index in [9.17, 15) is 4.39 Å². The van der Waals surface area contributed by atoms with Gasteiger partial charge in [0.05, 0.1) is 10.7 Å². The van der Waals surface area contributed by atoms with Gasteiger partial charge in [-0.25, -0.2) is 4.39 Å². The standard InChI is InChI=1S/C10H12FNS/c1-7(2)10(13)12-9-6-4-3-5-8(9)11/h3-7H,1-2H3,(H,12,13). The number of hydrogen-bond donors (Lipinski definition) is 1. The van der Waals surface area contributed by atoms with Crippen molar-refractivity contribution in [3.63, 3.8) is 0 Å². The second kappa shape index (κ2) is 4.33. The van der Waals surface area contributed by atoms with E-state index in [0.29, 0.717) is 10.7 Å². The van der Waals surface area contributed by atoms with E-state index in [-0.39, 0.29) is 11.7 Å². The molecule has 1 aromatic carbocycles. The topological polar surface area (TPSA) is 12.0 Å². The lowest BCUT2D eigenvalue weighted by molar-refractivity contribution is 0.632. The maximum Gasteiger partial charge on any atom is 0.146 e. The first-order valence-corrected chi connectivity index (χ1v) is 4.57. The van der Waals surface area contributed by atoms with E-state index in [1.807, 2.05) is 13.8 Å². The summed E-state index contributed by atoms with van der Waals surface area (Å²) in [6, 6.07) is 6.50. The number of benzene rings is 1. The fourth-order valence-electron chi connectivity index (χ4n) is 0.840. The van der Waals surface area contributed by atoms with Gasteiger partial charge in [0.2, 0.25) is 0 Å². The molecule has 3 heteroatoms. The van der Waals surface area contributed by atoms with E-state index in [2.05, 4.69) is 5.32 Å². The van der Waals surface area contributed by atoms with Crippen LogP contribution in [0.1, 0.15) is 13.8 Å². The molecule has 0 heterocycles. The first kappa shape index (κ1) is 10.1. The average molecular weight is 197 g/mol. The summed E-state index contributed by atoms with van der Waals surface area (Å²) in [5.41, 5.74) is 0.446. The Morgan fingerprint density at radius 2 is 2.00 bits per heavy atom. The highest BCUT2D eigenvalue weighted by Crippen LogP contribution is 2.13. The van der Waals surface area contributed by atoms with E-state index in [1.54, 1.807) is 18.2 Å². The zero-order valence-corrected chi connectivity index (χ0v) is 8.49. The zero-order chi connectivity index (χ0) is 9.84. The molecule has 0 radical (unpaired) electrons. The molecule has 0 amide bonds. The van der Waals surface area contributed by atoms with Crippen molar-refractivity contribution in [2.45, 2.75) is 13.8 Å². The van der Waals surface area contributed by atoms with Crippen LogP contribution in [0.4, 0.5) is 10.1 Å². The molecule has 0 aliphatic heterocycles. The fourth-order valence-corrected chi connectivity index (χ4v) is 0.950. The molecule has 1 nitrogen and oxygen atoms in total. The summed E-state index contributed by atoms with van der Waals surface area (Å²) in [5.74, 6) is -0.0416. The smallest absolute Gasteiger partial charge is 0.146 e. The fraction of sp³-hybridized carbons (Fsp3) is 0.300. The van der Waals surface area contributed by atoms with Gasteiger partial charge in [0.1, 0.15) is 5.82 Å². The number of anilines is 1. The third-order valence-electron chi connectivity index (χ3n) is 1.66. The van der Waals surface area contributed by atoms with Gasteiger partial charge in [0, 0.05) is 5.92 Å². The minimum atomic E-state index is -0.273. The van der Waals surface area contributed by atoms with Crippen LogP contribution in [0, 0.1) is 11.7 Å². The molecule has 1 N–H and O–H groups in total. The van der Waals surface area contributed by atoms with Gasteiger partial charge in [-0.05, 0) is 12.1 Å². The Morgan fingerprint density at radius 3 is 2.54 bits per heavy atom. The lowest BCUT2D eigenvalue weighted by Crippen LogP contribution is -2.16. The van der Waals surface area contributed by atoms with Crippen LogP contribution in [-0.4, -0.2) is 4.99 Å². The normalized spacial score (nSPS) is 10.2. The minimum absolute atomic E-state index is 0.231. The van der Waals surface area contributed by atoms with Crippen molar-refractivity contribution in [3.05, 3.63) is 30.1 Å². The second-order valence-electron chi connectivity index (χ2n) is 3.12. The Kier molecular flexibility index (Phi) is 3.37. The number of halogens is 1. The monoisotopic (exact) mass is 197 g/mol. The first-order valence-electron chi connectivity index (χ1n) is 4.16. The number of rotatable bonds is 2. The Labute approximate surface area is 83.0 Å². The molecule has 0 fully saturated rings. The lowest BCUT2D eigenvalue weighted by atomic mass is 10.2. The molecule has 1 rings (SSSR count). The van der Waals surface area contributed by atoms with Crippen molar-refractivity contribution >= 4 is 22.9 Å². The Hall–Kier alpha value is -0.960. The predicted octanol–water partition coefficient (Wildman–Crippen LogP) is 3.22. The average Bonchev–Trinajstić information content (AvgIpc) is 2.08. The molecule has 0 atom stereocenters. The largest absolute Gasteiger partial charge is 0.347 e. The first-order chi connectivity index (χ1) is 6.11. The Morgan fingerprint density at radius 1 is 1.38 bits per heavy atom. The molecule has 0 aliphatic carbocycles. The van der Waals surface area contributed by atoms with E-state index >= 15 is 0 Å². The molecule has 0 bridgehead atoms. The van der Waals surface area contributed by atoms with Crippen LogP contribution >= 0.6 is 12.2 Å². The Balaban J connectivity index is 2.75. The van der Waals surface area contributed by atoms with Crippen molar-refractivity contribution in [1.82, 2.24) is 0 Å². The van der Waals surface area contributed by atoms with Gasteiger partial charge in [-0.3, -0.25) is 0 Å². The van der Waals surface area contributed by atoms with Gasteiger partial charge in [-0.15, -0.1) is 0 Å². The van der Waals surface area contributed by atoms with Gasteiger partial charge >= 0.3 is 0 Å². The minimum Gasteiger partial charge on any atom is -0.347 e.